The fraction of sp³-hybridized carbons (Fsp3) is 0.444. The molecule has 1 atom stereocenters. The number of rotatable bonds is 4. The van der Waals surface area contributed by atoms with Gasteiger partial charge in [0.15, 0.2) is 5.82 Å². The minimum atomic E-state index is -0.269. The SMILES string of the molecule is Cc1nc2ccc(NC(=O)NC(C)c3nncn3C3CCCC3)cc2[nH]1. The van der Waals surface area contributed by atoms with Gasteiger partial charge in [-0.05, 0) is 44.9 Å². The summed E-state index contributed by atoms with van der Waals surface area (Å²) in [5, 5.41) is 14.1. The fourth-order valence-electron chi connectivity index (χ4n) is 3.67. The van der Waals surface area contributed by atoms with E-state index in [-0.39, 0.29) is 12.1 Å². The lowest BCUT2D eigenvalue weighted by atomic mass is 10.2. The first-order valence-corrected chi connectivity index (χ1v) is 9.03. The Morgan fingerprint density at radius 2 is 2.15 bits per heavy atom. The Morgan fingerprint density at radius 3 is 2.96 bits per heavy atom. The van der Waals surface area contributed by atoms with Crippen molar-refractivity contribution in [2.75, 3.05) is 5.32 Å². The second kappa shape index (κ2) is 6.78. The molecule has 1 fully saturated rings. The molecule has 2 amide bonds. The number of carbonyl (C=O) groups is 1. The van der Waals surface area contributed by atoms with Crippen molar-refractivity contribution in [3.8, 4) is 0 Å². The molecule has 1 aliphatic carbocycles. The van der Waals surface area contributed by atoms with Crippen molar-refractivity contribution in [2.45, 2.75) is 51.6 Å². The van der Waals surface area contributed by atoms with Gasteiger partial charge in [-0.15, -0.1) is 10.2 Å². The molecule has 8 nitrogen and oxygen atoms in total. The number of urea groups is 1. The molecule has 1 aliphatic rings. The minimum Gasteiger partial charge on any atom is -0.342 e. The molecule has 2 aromatic heterocycles. The monoisotopic (exact) mass is 353 g/mol. The van der Waals surface area contributed by atoms with E-state index in [1.54, 1.807) is 6.33 Å². The van der Waals surface area contributed by atoms with E-state index in [4.69, 9.17) is 0 Å². The van der Waals surface area contributed by atoms with Crippen LogP contribution < -0.4 is 10.6 Å². The van der Waals surface area contributed by atoms with Crippen molar-refractivity contribution in [3.05, 3.63) is 36.2 Å². The average Bonchev–Trinajstić information content (AvgIpc) is 3.33. The molecule has 4 rings (SSSR count). The van der Waals surface area contributed by atoms with Crippen LogP contribution in [0.1, 0.15) is 56.3 Å². The van der Waals surface area contributed by atoms with E-state index in [0.29, 0.717) is 11.7 Å². The lowest BCUT2D eigenvalue weighted by molar-refractivity contribution is 0.248. The van der Waals surface area contributed by atoms with Gasteiger partial charge < -0.3 is 20.2 Å². The second-order valence-corrected chi connectivity index (χ2v) is 6.91. The number of aryl methyl sites for hydroxylation is 1. The van der Waals surface area contributed by atoms with E-state index in [9.17, 15) is 4.79 Å². The molecule has 26 heavy (non-hydrogen) atoms. The maximum atomic E-state index is 12.4. The zero-order valence-corrected chi connectivity index (χ0v) is 15.0. The summed E-state index contributed by atoms with van der Waals surface area (Å²) in [6.07, 6.45) is 6.54. The van der Waals surface area contributed by atoms with E-state index in [0.717, 1.165) is 35.5 Å². The molecule has 0 saturated heterocycles. The number of fused-ring (bicyclic) bond motifs is 1. The van der Waals surface area contributed by atoms with Gasteiger partial charge in [0.1, 0.15) is 12.2 Å². The van der Waals surface area contributed by atoms with E-state index in [2.05, 4.69) is 35.4 Å². The molecule has 3 N–H and O–H groups in total. The second-order valence-electron chi connectivity index (χ2n) is 6.91. The van der Waals surface area contributed by atoms with Gasteiger partial charge in [-0.3, -0.25) is 0 Å². The van der Waals surface area contributed by atoms with E-state index in [1.165, 1.54) is 12.8 Å². The Balaban J connectivity index is 1.43. The molecule has 0 aliphatic heterocycles. The smallest absolute Gasteiger partial charge is 0.319 e. The number of nitrogens with zero attached hydrogens (tertiary/aromatic N) is 4. The molecular weight excluding hydrogens is 330 g/mol. The molecule has 0 bridgehead atoms. The van der Waals surface area contributed by atoms with Crippen molar-refractivity contribution in [1.82, 2.24) is 30.0 Å². The van der Waals surface area contributed by atoms with Crippen LogP contribution in [0.2, 0.25) is 0 Å². The molecular formula is C18H23N7O. The number of H-pyrrole nitrogens is 1. The van der Waals surface area contributed by atoms with Gasteiger partial charge in [0.25, 0.3) is 0 Å². The number of carbonyl (C=O) groups excluding carboxylic acids is 1. The fourth-order valence-corrected chi connectivity index (χ4v) is 3.67. The zero-order chi connectivity index (χ0) is 18.1. The van der Waals surface area contributed by atoms with Crippen molar-refractivity contribution >= 4 is 22.8 Å². The third kappa shape index (κ3) is 3.26. The number of amides is 2. The predicted molar refractivity (Wildman–Crippen MR) is 98.9 cm³/mol. The number of hydrogen-bond donors (Lipinski definition) is 3. The maximum absolute atomic E-state index is 12.4. The summed E-state index contributed by atoms with van der Waals surface area (Å²) < 4.78 is 2.11. The van der Waals surface area contributed by atoms with Crippen molar-refractivity contribution in [1.29, 1.82) is 0 Å². The number of nitrogens with one attached hydrogen (secondary N) is 3. The average molecular weight is 353 g/mol. The quantitative estimate of drug-likeness (QED) is 0.668. The van der Waals surface area contributed by atoms with Gasteiger partial charge in [0.05, 0.1) is 17.1 Å². The van der Waals surface area contributed by atoms with Crippen LogP contribution in [0.3, 0.4) is 0 Å². The highest BCUT2D eigenvalue weighted by Crippen LogP contribution is 2.31. The first-order chi connectivity index (χ1) is 12.6. The third-order valence-electron chi connectivity index (χ3n) is 4.91. The predicted octanol–water partition coefficient (Wildman–Crippen LogP) is 3.46. The Labute approximate surface area is 151 Å². The summed E-state index contributed by atoms with van der Waals surface area (Å²) in [6.45, 7) is 3.83. The van der Waals surface area contributed by atoms with Gasteiger partial charge in [-0.2, -0.15) is 0 Å². The highest BCUT2D eigenvalue weighted by atomic mass is 16.2. The normalized spacial score (nSPS) is 16.1. The molecule has 136 valence electrons. The zero-order valence-electron chi connectivity index (χ0n) is 15.0. The summed E-state index contributed by atoms with van der Waals surface area (Å²) in [5.41, 5.74) is 2.49. The summed E-state index contributed by atoms with van der Waals surface area (Å²) >= 11 is 0. The number of imidazole rings is 1. The minimum absolute atomic E-state index is 0.226. The number of hydrogen-bond acceptors (Lipinski definition) is 4. The van der Waals surface area contributed by atoms with Crippen LogP contribution in [0.15, 0.2) is 24.5 Å². The molecule has 0 radical (unpaired) electrons. The summed E-state index contributed by atoms with van der Waals surface area (Å²) in [4.78, 5) is 19.9. The van der Waals surface area contributed by atoms with Gasteiger partial charge in [0.2, 0.25) is 0 Å². The lowest BCUT2D eigenvalue weighted by Gasteiger charge is -2.19. The topological polar surface area (TPSA) is 101 Å². The molecule has 8 heteroatoms. The van der Waals surface area contributed by atoms with Crippen molar-refractivity contribution in [2.24, 2.45) is 0 Å². The van der Waals surface area contributed by atoms with Crippen LogP contribution in [0, 0.1) is 6.92 Å². The first kappa shape index (κ1) is 16.6. The van der Waals surface area contributed by atoms with Gasteiger partial charge in [-0.1, -0.05) is 12.8 Å². The summed E-state index contributed by atoms with van der Waals surface area (Å²) in [7, 11) is 0. The largest absolute Gasteiger partial charge is 0.342 e. The van der Waals surface area contributed by atoms with Crippen molar-refractivity contribution < 1.29 is 4.79 Å². The number of anilines is 1. The highest BCUT2D eigenvalue weighted by molar-refractivity contribution is 5.92. The standard InChI is InChI=1S/C18H23N7O/c1-11(17-24-19-10-25(17)14-5-3-4-6-14)20-18(26)23-13-7-8-15-16(9-13)22-12(2)21-15/h7-11,14H,3-6H2,1-2H3,(H,21,22)(H2,20,23,26). The summed E-state index contributed by atoms with van der Waals surface area (Å²) in [5.74, 6) is 1.65. The molecule has 3 aromatic rings. The van der Waals surface area contributed by atoms with E-state index < -0.39 is 0 Å². The maximum Gasteiger partial charge on any atom is 0.319 e. The van der Waals surface area contributed by atoms with Crippen LogP contribution >= 0.6 is 0 Å². The van der Waals surface area contributed by atoms with E-state index >= 15 is 0 Å². The molecule has 1 unspecified atom stereocenters. The lowest BCUT2D eigenvalue weighted by Crippen LogP contribution is -2.32. The van der Waals surface area contributed by atoms with Gasteiger partial charge >= 0.3 is 6.03 Å². The van der Waals surface area contributed by atoms with Crippen molar-refractivity contribution in [3.63, 3.8) is 0 Å². The molecule has 1 saturated carbocycles. The first-order valence-electron chi connectivity index (χ1n) is 9.03. The van der Waals surface area contributed by atoms with Gasteiger partial charge in [-0.25, -0.2) is 9.78 Å². The number of aromatic amines is 1. The van der Waals surface area contributed by atoms with Crippen LogP contribution in [-0.4, -0.2) is 30.8 Å². The van der Waals surface area contributed by atoms with Crippen LogP contribution in [0.5, 0.6) is 0 Å². The van der Waals surface area contributed by atoms with Crippen LogP contribution in [0.4, 0.5) is 10.5 Å². The van der Waals surface area contributed by atoms with Crippen LogP contribution in [-0.2, 0) is 0 Å². The molecule has 2 heterocycles. The molecule has 0 spiro atoms. The Morgan fingerprint density at radius 1 is 1.35 bits per heavy atom. The Bertz CT molecular complexity index is 923. The van der Waals surface area contributed by atoms with E-state index in [1.807, 2.05) is 32.0 Å². The summed E-state index contributed by atoms with van der Waals surface area (Å²) in [6, 6.07) is 5.55. The van der Waals surface area contributed by atoms with Gasteiger partial charge in [0, 0.05) is 11.7 Å². The number of aromatic nitrogens is 5. The van der Waals surface area contributed by atoms with Crippen LogP contribution in [0.25, 0.3) is 11.0 Å². The molecule has 1 aromatic carbocycles. The Hall–Kier alpha value is -2.90. The Kier molecular flexibility index (Phi) is 4.32. The highest BCUT2D eigenvalue weighted by Gasteiger charge is 2.23. The number of benzene rings is 1. The third-order valence-corrected chi connectivity index (χ3v) is 4.91.